The van der Waals surface area contributed by atoms with Gasteiger partial charge in [-0.1, -0.05) is 11.8 Å². The van der Waals surface area contributed by atoms with Gasteiger partial charge in [0.15, 0.2) is 5.16 Å². The highest BCUT2D eigenvalue weighted by molar-refractivity contribution is 7.99. The zero-order chi connectivity index (χ0) is 11.7. The van der Waals surface area contributed by atoms with Crippen molar-refractivity contribution in [2.75, 3.05) is 5.75 Å². The molecule has 0 saturated heterocycles. The van der Waals surface area contributed by atoms with Gasteiger partial charge in [-0.15, -0.1) is 0 Å². The van der Waals surface area contributed by atoms with Crippen molar-refractivity contribution >= 4 is 28.8 Å². The number of hydrogen-bond acceptors (Lipinski definition) is 3. The summed E-state index contributed by atoms with van der Waals surface area (Å²) in [6.45, 7) is 0. The topological polar surface area (TPSA) is 55.1 Å². The molecule has 0 aliphatic rings. The van der Waals surface area contributed by atoms with E-state index in [1.165, 1.54) is 12.1 Å². The van der Waals surface area contributed by atoms with Gasteiger partial charge in [-0.25, -0.2) is 9.37 Å². The van der Waals surface area contributed by atoms with Crippen LogP contribution in [0.2, 0.25) is 0 Å². The molecule has 0 spiro atoms. The van der Waals surface area contributed by atoms with Gasteiger partial charge in [0.25, 0.3) is 0 Å². The predicted molar refractivity (Wildman–Crippen MR) is 59.0 cm³/mol. The molecule has 0 atom stereocenters. The highest BCUT2D eigenvalue weighted by Gasteiger charge is 2.10. The van der Waals surface area contributed by atoms with E-state index in [1.54, 1.807) is 17.7 Å². The summed E-state index contributed by atoms with van der Waals surface area (Å²) >= 11 is 1.12. The van der Waals surface area contributed by atoms with Crippen molar-refractivity contribution in [2.45, 2.75) is 5.16 Å². The highest BCUT2D eigenvalue weighted by atomic mass is 32.2. The predicted octanol–water partition coefficient (Wildman–Crippen LogP) is 1.89. The molecule has 0 aliphatic carbocycles. The summed E-state index contributed by atoms with van der Waals surface area (Å²) in [5, 5.41) is 9.14. The zero-order valence-electron chi connectivity index (χ0n) is 8.48. The zero-order valence-corrected chi connectivity index (χ0v) is 9.29. The number of carbonyl (C=O) groups is 1. The molecular weight excluding hydrogens is 231 g/mol. The summed E-state index contributed by atoms with van der Waals surface area (Å²) in [5.74, 6) is -1.28. The van der Waals surface area contributed by atoms with Crippen LogP contribution in [0.5, 0.6) is 0 Å². The number of aliphatic carboxylic acids is 1. The third kappa shape index (κ3) is 2.01. The molecule has 2 rings (SSSR count). The molecular formula is C10H9FN2O2S. The van der Waals surface area contributed by atoms with E-state index in [1.807, 2.05) is 0 Å². The summed E-state index contributed by atoms with van der Waals surface area (Å²) in [4.78, 5) is 14.7. The molecule has 0 unspecified atom stereocenters. The molecule has 84 valence electrons. The minimum absolute atomic E-state index is 0.0559. The van der Waals surface area contributed by atoms with Crippen LogP contribution >= 0.6 is 11.8 Å². The van der Waals surface area contributed by atoms with Gasteiger partial charge in [0.2, 0.25) is 0 Å². The van der Waals surface area contributed by atoms with Crippen molar-refractivity contribution in [3.63, 3.8) is 0 Å². The number of hydrogen-bond donors (Lipinski definition) is 1. The number of carboxylic acids is 1. The molecule has 6 heteroatoms. The van der Waals surface area contributed by atoms with E-state index in [2.05, 4.69) is 4.98 Å². The second-order valence-electron chi connectivity index (χ2n) is 3.27. The lowest BCUT2D eigenvalue weighted by atomic mass is 10.3. The fourth-order valence-corrected chi connectivity index (χ4v) is 2.10. The van der Waals surface area contributed by atoms with E-state index < -0.39 is 5.97 Å². The number of fused-ring (bicyclic) bond motifs is 1. The van der Waals surface area contributed by atoms with Crippen molar-refractivity contribution in [3.05, 3.63) is 24.0 Å². The molecule has 1 aromatic heterocycles. The minimum Gasteiger partial charge on any atom is -0.481 e. The number of imidazole rings is 1. The van der Waals surface area contributed by atoms with Crippen LogP contribution in [-0.2, 0) is 11.8 Å². The van der Waals surface area contributed by atoms with Crippen LogP contribution in [0.3, 0.4) is 0 Å². The summed E-state index contributed by atoms with van der Waals surface area (Å²) in [5.41, 5.74) is 1.32. The number of rotatable bonds is 3. The lowest BCUT2D eigenvalue weighted by molar-refractivity contribution is -0.133. The van der Waals surface area contributed by atoms with Crippen LogP contribution < -0.4 is 0 Å². The summed E-state index contributed by atoms with van der Waals surface area (Å²) in [7, 11) is 1.74. The fourth-order valence-electron chi connectivity index (χ4n) is 1.40. The smallest absolute Gasteiger partial charge is 0.313 e. The van der Waals surface area contributed by atoms with Crippen molar-refractivity contribution in [2.24, 2.45) is 7.05 Å². The first kappa shape index (κ1) is 10.9. The Labute approximate surface area is 95.1 Å². The average Bonchev–Trinajstić information content (AvgIpc) is 2.53. The van der Waals surface area contributed by atoms with Gasteiger partial charge in [-0.3, -0.25) is 4.79 Å². The third-order valence-electron chi connectivity index (χ3n) is 2.13. The molecule has 2 aromatic rings. The second kappa shape index (κ2) is 4.13. The van der Waals surface area contributed by atoms with Gasteiger partial charge in [0.05, 0.1) is 16.8 Å². The monoisotopic (exact) mass is 240 g/mol. The maximum atomic E-state index is 13.0. The quantitative estimate of drug-likeness (QED) is 0.832. The van der Waals surface area contributed by atoms with E-state index in [0.29, 0.717) is 16.2 Å². The molecule has 0 aliphatic heterocycles. The average molecular weight is 240 g/mol. The normalized spacial score (nSPS) is 10.9. The number of benzene rings is 1. The number of aryl methyl sites for hydroxylation is 1. The molecule has 16 heavy (non-hydrogen) atoms. The molecule has 4 nitrogen and oxygen atoms in total. The highest BCUT2D eigenvalue weighted by Crippen LogP contribution is 2.23. The van der Waals surface area contributed by atoms with Crippen LogP contribution in [0.25, 0.3) is 11.0 Å². The molecule has 0 saturated carbocycles. The van der Waals surface area contributed by atoms with Crippen LogP contribution in [0.15, 0.2) is 23.4 Å². The fraction of sp³-hybridized carbons (Fsp3) is 0.200. The Balaban J connectivity index is 2.40. The summed E-state index contributed by atoms with van der Waals surface area (Å²) in [6, 6.07) is 4.30. The Morgan fingerprint density at radius 1 is 1.62 bits per heavy atom. The SMILES string of the molecule is Cn1c(SCC(=O)O)nc2ccc(F)cc21. The Morgan fingerprint density at radius 3 is 3.06 bits per heavy atom. The van der Waals surface area contributed by atoms with Gasteiger partial charge in [-0.05, 0) is 18.2 Å². The maximum Gasteiger partial charge on any atom is 0.313 e. The van der Waals surface area contributed by atoms with Crippen molar-refractivity contribution in [1.82, 2.24) is 9.55 Å². The van der Waals surface area contributed by atoms with Crippen LogP contribution in [0.4, 0.5) is 4.39 Å². The molecule has 0 amide bonds. The van der Waals surface area contributed by atoms with E-state index in [4.69, 9.17) is 5.11 Å². The lowest BCUT2D eigenvalue weighted by Crippen LogP contribution is -2.00. The van der Waals surface area contributed by atoms with Crippen molar-refractivity contribution in [1.29, 1.82) is 0 Å². The Morgan fingerprint density at radius 2 is 2.38 bits per heavy atom. The summed E-state index contributed by atoms with van der Waals surface area (Å²) in [6.07, 6.45) is 0. The lowest BCUT2D eigenvalue weighted by Gasteiger charge is -1.99. The first-order valence-corrected chi connectivity index (χ1v) is 5.53. The molecule has 1 aromatic carbocycles. The Kier molecular flexibility index (Phi) is 2.82. The number of carboxylic acid groups (broad SMARTS) is 1. The largest absolute Gasteiger partial charge is 0.481 e. The van der Waals surface area contributed by atoms with Crippen LogP contribution in [0, 0.1) is 5.82 Å². The third-order valence-corrected chi connectivity index (χ3v) is 3.14. The van der Waals surface area contributed by atoms with E-state index in [-0.39, 0.29) is 11.6 Å². The van der Waals surface area contributed by atoms with E-state index in [9.17, 15) is 9.18 Å². The molecule has 0 bridgehead atoms. The first-order valence-electron chi connectivity index (χ1n) is 4.54. The number of nitrogens with zero attached hydrogens (tertiary/aromatic N) is 2. The standard InChI is InChI=1S/C10H9FN2O2S/c1-13-8-4-6(11)2-3-7(8)12-10(13)16-5-9(14)15/h2-4H,5H2,1H3,(H,14,15). The van der Waals surface area contributed by atoms with Crippen LogP contribution in [-0.4, -0.2) is 26.4 Å². The van der Waals surface area contributed by atoms with Crippen LogP contribution in [0.1, 0.15) is 0 Å². The van der Waals surface area contributed by atoms with E-state index >= 15 is 0 Å². The minimum atomic E-state index is -0.900. The van der Waals surface area contributed by atoms with E-state index in [0.717, 1.165) is 11.8 Å². The molecule has 1 N–H and O–H groups in total. The van der Waals surface area contributed by atoms with Crippen molar-refractivity contribution in [3.8, 4) is 0 Å². The molecule has 0 radical (unpaired) electrons. The van der Waals surface area contributed by atoms with Gasteiger partial charge >= 0.3 is 5.97 Å². The second-order valence-corrected chi connectivity index (χ2v) is 4.21. The number of aromatic nitrogens is 2. The number of halogens is 1. The van der Waals surface area contributed by atoms with Gasteiger partial charge < -0.3 is 9.67 Å². The Hall–Kier alpha value is -1.56. The van der Waals surface area contributed by atoms with Crippen molar-refractivity contribution < 1.29 is 14.3 Å². The van der Waals surface area contributed by atoms with Gasteiger partial charge in [0, 0.05) is 7.05 Å². The molecule has 1 heterocycles. The molecule has 0 fully saturated rings. The Bertz CT molecular complexity index is 553. The van der Waals surface area contributed by atoms with Gasteiger partial charge in [-0.2, -0.15) is 0 Å². The summed E-state index contributed by atoms with van der Waals surface area (Å²) < 4.78 is 14.7. The first-order chi connectivity index (χ1) is 7.58. The maximum absolute atomic E-state index is 13.0. The van der Waals surface area contributed by atoms with Gasteiger partial charge in [0.1, 0.15) is 5.82 Å². The number of thioether (sulfide) groups is 1.